The molecular weight excluding hydrogens is 299 g/mol. The van der Waals surface area contributed by atoms with Crippen LogP contribution in [-0.4, -0.2) is 17.6 Å². The van der Waals surface area contributed by atoms with E-state index in [9.17, 15) is 13.2 Å². The third-order valence-corrected chi connectivity index (χ3v) is 3.42. The molecule has 0 radical (unpaired) electrons. The lowest BCUT2D eigenvalue weighted by Crippen LogP contribution is -2.23. The minimum absolute atomic E-state index is 0.316. The Morgan fingerprint density at radius 2 is 1.26 bits per heavy atom. The Kier molecular flexibility index (Phi) is 6.41. The van der Waals surface area contributed by atoms with Gasteiger partial charge in [0.05, 0.1) is 0 Å². The van der Waals surface area contributed by atoms with Gasteiger partial charge >= 0.3 is 6.18 Å². The number of alkyl halides is 3. The number of nitrogens with zero attached hydrogens (tertiary/aromatic N) is 1. The maximum atomic E-state index is 12.2. The Bertz CT molecular complexity index is 550. The molecule has 0 saturated heterocycles. The highest BCUT2D eigenvalue weighted by atomic mass is 19.4. The molecule has 0 aliphatic rings. The van der Waals surface area contributed by atoms with Crippen LogP contribution >= 0.6 is 0 Å². The fourth-order valence-corrected chi connectivity index (χ4v) is 2.37. The van der Waals surface area contributed by atoms with Crippen LogP contribution in [0.1, 0.15) is 17.5 Å². The smallest absolute Gasteiger partial charge is 0.295 e. The van der Waals surface area contributed by atoms with Crippen LogP contribution in [0.3, 0.4) is 0 Å². The monoisotopic (exact) mass is 319 g/mol. The molecule has 122 valence electrons. The molecule has 0 spiro atoms. The van der Waals surface area contributed by atoms with Gasteiger partial charge in [0.15, 0.2) is 0 Å². The molecule has 0 saturated carbocycles. The summed E-state index contributed by atoms with van der Waals surface area (Å²) in [6.45, 7) is 2.02. The molecule has 0 heterocycles. The van der Waals surface area contributed by atoms with E-state index in [-0.39, 0.29) is 0 Å². The predicted molar refractivity (Wildman–Crippen MR) is 86.8 cm³/mol. The van der Waals surface area contributed by atoms with E-state index < -0.39 is 6.18 Å². The van der Waals surface area contributed by atoms with E-state index in [1.54, 1.807) is 0 Å². The van der Waals surface area contributed by atoms with Crippen LogP contribution in [0.15, 0.2) is 72.8 Å². The molecule has 0 aromatic heterocycles. The molecule has 23 heavy (non-hydrogen) atoms. The van der Waals surface area contributed by atoms with Gasteiger partial charge < -0.3 is 0 Å². The molecule has 0 unspecified atom stereocenters. The molecule has 4 heteroatoms. The largest absolute Gasteiger partial charge is 0.409 e. The van der Waals surface area contributed by atoms with Gasteiger partial charge in [-0.1, -0.05) is 66.7 Å². The van der Waals surface area contributed by atoms with Gasteiger partial charge in [-0.25, -0.2) is 0 Å². The molecule has 2 rings (SSSR count). The SMILES string of the molecule is FC(F)(F)C=CCCN(Cc1ccccc1)Cc1ccccc1. The van der Waals surface area contributed by atoms with Gasteiger partial charge in [-0.2, -0.15) is 13.2 Å². The van der Waals surface area contributed by atoms with Crippen molar-refractivity contribution in [2.45, 2.75) is 25.7 Å². The van der Waals surface area contributed by atoms with Gasteiger partial charge in [-0.15, -0.1) is 0 Å². The van der Waals surface area contributed by atoms with Gasteiger partial charge in [0, 0.05) is 25.7 Å². The third-order valence-electron chi connectivity index (χ3n) is 3.42. The Balaban J connectivity index is 1.97. The highest BCUT2D eigenvalue weighted by Crippen LogP contribution is 2.17. The lowest BCUT2D eigenvalue weighted by Gasteiger charge is -2.22. The topological polar surface area (TPSA) is 3.24 Å². The van der Waals surface area contributed by atoms with E-state index >= 15 is 0 Å². The quantitative estimate of drug-likeness (QED) is 0.634. The van der Waals surface area contributed by atoms with E-state index in [2.05, 4.69) is 4.90 Å². The fourth-order valence-electron chi connectivity index (χ4n) is 2.37. The minimum Gasteiger partial charge on any atom is -0.295 e. The number of benzene rings is 2. The van der Waals surface area contributed by atoms with Crippen molar-refractivity contribution in [3.05, 3.63) is 83.9 Å². The summed E-state index contributed by atoms with van der Waals surface area (Å²) in [5, 5.41) is 0. The van der Waals surface area contributed by atoms with E-state index in [1.165, 1.54) is 6.08 Å². The van der Waals surface area contributed by atoms with Crippen LogP contribution in [0, 0.1) is 0 Å². The lowest BCUT2D eigenvalue weighted by molar-refractivity contribution is -0.0800. The van der Waals surface area contributed by atoms with Crippen LogP contribution < -0.4 is 0 Å². The molecule has 2 aromatic rings. The first-order valence-electron chi connectivity index (χ1n) is 7.57. The number of allylic oxidation sites excluding steroid dienone is 1. The van der Waals surface area contributed by atoms with Crippen molar-refractivity contribution in [2.75, 3.05) is 6.54 Å². The van der Waals surface area contributed by atoms with Gasteiger partial charge in [0.1, 0.15) is 0 Å². The average molecular weight is 319 g/mol. The number of rotatable bonds is 7. The lowest BCUT2D eigenvalue weighted by atomic mass is 10.1. The van der Waals surface area contributed by atoms with Gasteiger partial charge in [-0.05, 0) is 17.5 Å². The van der Waals surface area contributed by atoms with Gasteiger partial charge in [-0.3, -0.25) is 4.90 Å². The van der Waals surface area contributed by atoms with Gasteiger partial charge in [0.25, 0.3) is 0 Å². The van der Waals surface area contributed by atoms with E-state index in [0.717, 1.165) is 24.2 Å². The first kappa shape index (κ1) is 17.3. The molecule has 2 aromatic carbocycles. The third kappa shape index (κ3) is 7.15. The van der Waals surface area contributed by atoms with Crippen molar-refractivity contribution in [2.24, 2.45) is 0 Å². The second-order valence-corrected chi connectivity index (χ2v) is 5.41. The van der Waals surface area contributed by atoms with Gasteiger partial charge in [0.2, 0.25) is 0 Å². The van der Waals surface area contributed by atoms with Crippen molar-refractivity contribution in [3.8, 4) is 0 Å². The number of hydrogen-bond acceptors (Lipinski definition) is 1. The van der Waals surface area contributed by atoms with Crippen molar-refractivity contribution in [1.29, 1.82) is 0 Å². The Hall–Kier alpha value is -2.07. The van der Waals surface area contributed by atoms with Crippen LogP contribution in [0.5, 0.6) is 0 Å². The molecule has 0 N–H and O–H groups in total. The van der Waals surface area contributed by atoms with Crippen LogP contribution in [0.2, 0.25) is 0 Å². The Morgan fingerprint density at radius 3 is 1.70 bits per heavy atom. The second kappa shape index (κ2) is 8.53. The zero-order valence-electron chi connectivity index (χ0n) is 12.8. The van der Waals surface area contributed by atoms with Crippen molar-refractivity contribution < 1.29 is 13.2 Å². The summed E-state index contributed by atoms with van der Waals surface area (Å²) in [4.78, 5) is 2.16. The normalized spacial score (nSPS) is 12.2. The molecule has 0 aliphatic carbocycles. The number of hydrogen-bond donors (Lipinski definition) is 0. The summed E-state index contributed by atoms with van der Waals surface area (Å²) in [6.07, 6.45) is -2.35. The predicted octanol–water partition coefficient (Wildman–Crippen LogP) is 5.20. The van der Waals surface area contributed by atoms with E-state index in [4.69, 9.17) is 0 Å². The highest BCUT2D eigenvalue weighted by Gasteiger charge is 2.21. The molecule has 0 amide bonds. The molecule has 0 atom stereocenters. The molecule has 0 aliphatic heterocycles. The maximum Gasteiger partial charge on any atom is 0.409 e. The molecular formula is C19H20F3N. The van der Waals surface area contributed by atoms with Crippen molar-refractivity contribution in [1.82, 2.24) is 4.90 Å². The van der Waals surface area contributed by atoms with Crippen LogP contribution in [-0.2, 0) is 13.1 Å². The van der Waals surface area contributed by atoms with E-state index in [1.807, 2.05) is 60.7 Å². The first-order valence-corrected chi connectivity index (χ1v) is 7.57. The minimum atomic E-state index is -4.23. The van der Waals surface area contributed by atoms with Crippen LogP contribution in [0.25, 0.3) is 0 Å². The Morgan fingerprint density at radius 1 is 0.783 bits per heavy atom. The Labute approximate surface area is 135 Å². The summed E-state index contributed by atoms with van der Waals surface area (Å²) in [6, 6.07) is 19.9. The first-order chi connectivity index (χ1) is 11.0. The summed E-state index contributed by atoms with van der Waals surface area (Å²) >= 11 is 0. The molecule has 1 nitrogen and oxygen atoms in total. The standard InChI is InChI=1S/C19H20F3N/c20-19(21,22)13-7-8-14-23(15-17-9-3-1-4-10-17)16-18-11-5-2-6-12-18/h1-7,9-13H,8,14-16H2. The zero-order valence-corrected chi connectivity index (χ0v) is 12.8. The van der Waals surface area contributed by atoms with E-state index in [0.29, 0.717) is 19.0 Å². The second-order valence-electron chi connectivity index (χ2n) is 5.41. The molecule has 0 fully saturated rings. The molecule has 0 bridgehead atoms. The van der Waals surface area contributed by atoms with Crippen LogP contribution in [0.4, 0.5) is 13.2 Å². The average Bonchev–Trinajstić information content (AvgIpc) is 2.52. The fraction of sp³-hybridized carbons (Fsp3) is 0.263. The summed E-state index contributed by atoms with van der Waals surface area (Å²) in [7, 11) is 0. The van der Waals surface area contributed by atoms with Crippen molar-refractivity contribution in [3.63, 3.8) is 0 Å². The summed E-state index contributed by atoms with van der Waals surface area (Å²) in [5.41, 5.74) is 2.31. The maximum absolute atomic E-state index is 12.2. The summed E-state index contributed by atoms with van der Waals surface area (Å²) in [5.74, 6) is 0. The zero-order chi connectivity index (χ0) is 16.5. The number of halogens is 3. The highest BCUT2D eigenvalue weighted by molar-refractivity contribution is 5.17. The summed E-state index contributed by atoms with van der Waals surface area (Å²) < 4.78 is 36.5. The van der Waals surface area contributed by atoms with Crippen molar-refractivity contribution >= 4 is 0 Å².